The zero-order chi connectivity index (χ0) is 14.0. The molecular formula is C12H11BrF2N2OS. The van der Waals surface area contributed by atoms with E-state index in [4.69, 9.17) is 0 Å². The first-order valence-corrected chi connectivity index (χ1v) is 7.45. The van der Waals surface area contributed by atoms with Crippen molar-refractivity contribution in [3.05, 3.63) is 23.8 Å². The van der Waals surface area contributed by atoms with Gasteiger partial charge >= 0.3 is 0 Å². The highest BCUT2D eigenvalue weighted by Crippen LogP contribution is 2.29. The van der Waals surface area contributed by atoms with Crippen LogP contribution in [-0.2, 0) is 4.79 Å². The van der Waals surface area contributed by atoms with Crippen LogP contribution in [0.3, 0.4) is 0 Å². The summed E-state index contributed by atoms with van der Waals surface area (Å²) in [5, 5.41) is 2.86. The fourth-order valence-corrected chi connectivity index (χ4v) is 3.06. The monoisotopic (exact) mass is 348 g/mol. The summed E-state index contributed by atoms with van der Waals surface area (Å²) < 4.78 is 26.9. The molecule has 7 heteroatoms. The minimum Gasteiger partial charge on any atom is -0.301 e. The third-order valence-corrected chi connectivity index (χ3v) is 4.26. The van der Waals surface area contributed by atoms with E-state index in [1.54, 1.807) is 0 Å². The molecule has 2 rings (SSSR count). The van der Waals surface area contributed by atoms with E-state index in [1.807, 2.05) is 6.92 Å². The first-order chi connectivity index (χ1) is 9.01. The molecule has 1 aromatic carbocycles. The summed E-state index contributed by atoms with van der Waals surface area (Å²) in [5.74, 6) is -1.62. The van der Waals surface area contributed by atoms with Crippen molar-refractivity contribution in [2.45, 2.75) is 24.6 Å². The molecule has 0 unspecified atom stereocenters. The summed E-state index contributed by atoms with van der Waals surface area (Å²) in [7, 11) is 0. The summed E-state index contributed by atoms with van der Waals surface area (Å²) in [4.78, 5) is 15.4. The van der Waals surface area contributed by atoms with Gasteiger partial charge in [-0.05, 0) is 12.5 Å². The Morgan fingerprint density at radius 2 is 2.26 bits per heavy atom. The topological polar surface area (TPSA) is 42.0 Å². The minimum atomic E-state index is -0.726. The van der Waals surface area contributed by atoms with Gasteiger partial charge < -0.3 is 5.32 Å². The van der Waals surface area contributed by atoms with E-state index in [2.05, 4.69) is 26.2 Å². The molecule has 1 N–H and O–H groups in total. The van der Waals surface area contributed by atoms with Crippen molar-refractivity contribution in [2.24, 2.45) is 0 Å². The maximum absolute atomic E-state index is 13.5. The summed E-state index contributed by atoms with van der Waals surface area (Å²) in [6.45, 7) is 1.97. The predicted molar refractivity (Wildman–Crippen MR) is 75.8 cm³/mol. The first-order valence-electron chi connectivity index (χ1n) is 5.71. The number of carbonyl (C=O) groups is 1. The summed E-state index contributed by atoms with van der Waals surface area (Å²) >= 11 is 4.31. The Morgan fingerprint density at radius 3 is 2.95 bits per heavy atom. The number of nitrogens with one attached hydrogen (secondary N) is 1. The zero-order valence-electron chi connectivity index (χ0n) is 10.0. The fraction of sp³-hybridized carbons (Fsp3) is 0.333. The SMILES string of the molecule is CCC[C@H](Br)C(=O)Nc1nc2c(F)cc(F)cc2s1. The molecule has 0 bridgehead atoms. The van der Waals surface area contributed by atoms with E-state index >= 15 is 0 Å². The molecule has 3 nitrogen and oxygen atoms in total. The van der Waals surface area contributed by atoms with E-state index in [0.717, 1.165) is 23.8 Å². The number of amides is 1. The Balaban J connectivity index is 2.22. The van der Waals surface area contributed by atoms with Gasteiger partial charge in [-0.1, -0.05) is 40.6 Å². The second kappa shape index (κ2) is 5.92. The van der Waals surface area contributed by atoms with E-state index in [1.165, 1.54) is 6.07 Å². The maximum atomic E-state index is 13.5. The van der Waals surface area contributed by atoms with Gasteiger partial charge in [-0.3, -0.25) is 4.79 Å². The van der Waals surface area contributed by atoms with Crippen LogP contribution in [0.25, 0.3) is 10.2 Å². The molecule has 19 heavy (non-hydrogen) atoms. The van der Waals surface area contributed by atoms with Gasteiger partial charge in [-0.2, -0.15) is 0 Å². The molecule has 0 saturated carbocycles. The van der Waals surface area contributed by atoms with Crippen LogP contribution in [0, 0.1) is 11.6 Å². The summed E-state index contributed by atoms with van der Waals surface area (Å²) in [6.07, 6.45) is 1.56. The highest BCUT2D eigenvalue weighted by atomic mass is 79.9. The number of alkyl halides is 1. The lowest BCUT2D eigenvalue weighted by atomic mass is 10.2. The van der Waals surface area contributed by atoms with Crippen LogP contribution >= 0.6 is 27.3 Å². The average Bonchev–Trinajstić information content (AvgIpc) is 2.72. The van der Waals surface area contributed by atoms with Gasteiger partial charge in [0.25, 0.3) is 0 Å². The Hall–Kier alpha value is -1.08. The number of nitrogens with zero attached hydrogens (tertiary/aromatic N) is 1. The number of hydrogen-bond donors (Lipinski definition) is 1. The Kier molecular flexibility index (Phi) is 4.46. The van der Waals surface area contributed by atoms with Crippen molar-refractivity contribution in [1.29, 1.82) is 0 Å². The van der Waals surface area contributed by atoms with Crippen LogP contribution < -0.4 is 5.32 Å². The Morgan fingerprint density at radius 1 is 1.53 bits per heavy atom. The molecule has 0 aliphatic heterocycles. The standard InChI is InChI=1S/C12H11BrF2N2OS/c1-2-3-7(13)11(18)17-12-16-10-8(15)4-6(14)5-9(10)19-12/h4-5,7H,2-3H2,1H3,(H,16,17,18)/t7-/m0/s1. The van der Waals surface area contributed by atoms with E-state index in [-0.39, 0.29) is 21.4 Å². The van der Waals surface area contributed by atoms with Crippen molar-refractivity contribution in [2.75, 3.05) is 5.32 Å². The van der Waals surface area contributed by atoms with Crippen molar-refractivity contribution in [3.63, 3.8) is 0 Å². The second-order valence-corrected chi connectivity index (χ2v) is 6.13. The van der Waals surface area contributed by atoms with Crippen LogP contribution in [0.5, 0.6) is 0 Å². The average molecular weight is 349 g/mol. The van der Waals surface area contributed by atoms with Crippen molar-refractivity contribution >= 4 is 48.5 Å². The quantitative estimate of drug-likeness (QED) is 0.846. The van der Waals surface area contributed by atoms with E-state index < -0.39 is 11.6 Å². The maximum Gasteiger partial charge on any atom is 0.239 e. The number of thiazole rings is 1. The smallest absolute Gasteiger partial charge is 0.239 e. The van der Waals surface area contributed by atoms with Gasteiger partial charge in [-0.25, -0.2) is 13.8 Å². The largest absolute Gasteiger partial charge is 0.301 e. The summed E-state index contributed by atoms with van der Waals surface area (Å²) in [6, 6.07) is 1.97. The van der Waals surface area contributed by atoms with Gasteiger partial charge in [0.15, 0.2) is 10.9 Å². The number of halogens is 3. The van der Waals surface area contributed by atoms with Crippen molar-refractivity contribution < 1.29 is 13.6 Å². The highest BCUT2D eigenvalue weighted by Gasteiger charge is 2.17. The molecule has 2 aromatic rings. The first kappa shape index (κ1) is 14.3. The van der Waals surface area contributed by atoms with Crippen LogP contribution in [0.4, 0.5) is 13.9 Å². The number of fused-ring (bicyclic) bond motifs is 1. The predicted octanol–water partition coefficient (Wildman–Crippen LogP) is 4.08. The second-order valence-electron chi connectivity index (χ2n) is 4.00. The third kappa shape index (κ3) is 3.27. The molecule has 1 atom stereocenters. The molecule has 0 aliphatic carbocycles. The fourth-order valence-electron chi connectivity index (χ4n) is 1.58. The molecule has 0 aliphatic rings. The normalized spacial score (nSPS) is 12.6. The molecule has 1 aromatic heterocycles. The van der Waals surface area contributed by atoms with Gasteiger partial charge in [0.05, 0.1) is 9.53 Å². The highest BCUT2D eigenvalue weighted by molar-refractivity contribution is 9.10. The summed E-state index contributed by atoms with van der Waals surface area (Å²) in [5.41, 5.74) is 0.0725. The molecule has 1 heterocycles. The number of rotatable bonds is 4. The van der Waals surface area contributed by atoms with Gasteiger partial charge in [0, 0.05) is 6.07 Å². The number of benzene rings is 1. The zero-order valence-corrected chi connectivity index (χ0v) is 12.4. The van der Waals surface area contributed by atoms with Crippen LogP contribution in [0.1, 0.15) is 19.8 Å². The van der Waals surface area contributed by atoms with Gasteiger partial charge in [0.2, 0.25) is 5.91 Å². The Bertz CT molecular complexity index is 617. The Labute approximate surface area is 121 Å². The van der Waals surface area contributed by atoms with Gasteiger partial charge in [0.1, 0.15) is 11.3 Å². The van der Waals surface area contributed by atoms with Crippen LogP contribution in [0.2, 0.25) is 0 Å². The molecule has 0 fully saturated rings. The van der Waals surface area contributed by atoms with Crippen LogP contribution in [-0.4, -0.2) is 15.7 Å². The lowest BCUT2D eigenvalue weighted by Crippen LogP contribution is -2.22. The van der Waals surface area contributed by atoms with E-state index in [9.17, 15) is 13.6 Å². The van der Waals surface area contributed by atoms with Crippen molar-refractivity contribution in [3.8, 4) is 0 Å². The molecule has 0 spiro atoms. The molecular weight excluding hydrogens is 338 g/mol. The number of carbonyl (C=O) groups excluding carboxylic acids is 1. The molecule has 0 radical (unpaired) electrons. The molecule has 102 valence electrons. The lowest BCUT2D eigenvalue weighted by Gasteiger charge is -2.06. The third-order valence-electron chi connectivity index (χ3n) is 2.47. The minimum absolute atomic E-state index is 0.0725. The number of hydrogen-bond acceptors (Lipinski definition) is 3. The van der Waals surface area contributed by atoms with Gasteiger partial charge in [-0.15, -0.1) is 0 Å². The number of aromatic nitrogens is 1. The molecule has 1 amide bonds. The molecule has 0 saturated heterocycles. The number of anilines is 1. The lowest BCUT2D eigenvalue weighted by molar-refractivity contribution is -0.115. The van der Waals surface area contributed by atoms with Crippen molar-refractivity contribution in [1.82, 2.24) is 4.98 Å². The van der Waals surface area contributed by atoms with E-state index in [0.29, 0.717) is 11.1 Å². The van der Waals surface area contributed by atoms with Crippen LogP contribution in [0.15, 0.2) is 12.1 Å².